The van der Waals surface area contributed by atoms with E-state index in [1.165, 1.54) is 0 Å². The van der Waals surface area contributed by atoms with Crippen molar-refractivity contribution in [2.75, 3.05) is 20.2 Å². The third-order valence-corrected chi connectivity index (χ3v) is 2.92. The monoisotopic (exact) mass is 249 g/mol. The Bertz CT molecular complexity index is 386. The summed E-state index contributed by atoms with van der Waals surface area (Å²) in [5.41, 5.74) is 8.28. The highest BCUT2D eigenvalue weighted by molar-refractivity contribution is 5.78. The molecule has 0 unspecified atom stereocenters. The van der Waals surface area contributed by atoms with Gasteiger partial charge in [-0.2, -0.15) is 0 Å². The largest absolute Gasteiger partial charge is 0.380 e. The maximum atomic E-state index is 5.96. The molecule has 1 aromatic rings. The van der Waals surface area contributed by atoms with Gasteiger partial charge in [-0.3, -0.25) is 0 Å². The molecule has 0 amide bonds. The van der Waals surface area contributed by atoms with Crippen LogP contribution in [-0.4, -0.2) is 31.1 Å². The quantitative estimate of drug-likeness (QED) is 0.619. The van der Waals surface area contributed by atoms with Crippen molar-refractivity contribution in [1.82, 2.24) is 4.90 Å². The summed E-state index contributed by atoms with van der Waals surface area (Å²) >= 11 is 0. The van der Waals surface area contributed by atoms with Crippen LogP contribution in [0.25, 0.3) is 0 Å². The number of hydrogen-bond donors (Lipinski definition) is 1. The summed E-state index contributed by atoms with van der Waals surface area (Å²) in [6, 6.07) is 8.14. The molecular formula is C14H23N3O. The number of rotatable bonds is 6. The first-order valence-electron chi connectivity index (χ1n) is 6.33. The fourth-order valence-electron chi connectivity index (χ4n) is 1.82. The molecule has 4 nitrogen and oxygen atoms in total. The Hall–Kier alpha value is -1.55. The van der Waals surface area contributed by atoms with Crippen LogP contribution in [-0.2, 0) is 17.9 Å². The fourth-order valence-corrected chi connectivity index (χ4v) is 1.82. The van der Waals surface area contributed by atoms with Crippen LogP contribution >= 0.6 is 0 Å². The number of benzene rings is 1. The van der Waals surface area contributed by atoms with Crippen molar-refractivity contribution in [2.24, 2.45) is 10.7 Å². The molecule has 0 atom stereocenters. The number of nitrogens with two attached hydrogens (primary N) is 1. The fraction of sp³-hybridized carbons (Fsp3) is 0.500. The van der Waals surface area contributed by atoms with Gasteiger partial charge in [-0.25, -0.2) is 4.99 Å². The van der Waals surface area contributed by atoms with Gasteiger partial charge in [0.05, 0.1) is 13.2 Å². The van der Waals surface area contributed by atoms with Crippen LogP contribution in [0.3, 0.4) is 0 Å². The van der Waals surface area contributed by atoms with E-state index in [2.05, 4.69) is 31.0 Å². The van der Waals surface area contributed by atoms with Gasteiger partial charge in [0, 0.05) is 20.2 Å². The summed E-state index contributed by atoms with van der Waals surface area (Å²) in [5, 5.41) is 0. The second-order valence-corrected chi connectivity index (χ2v) is 4.05. The summed E-state index contributed by atoms with van der Waals surface area (Å²) < 4.78 is 5.18. The Balaban J connectivity index is 2.75. The average Bonchev–Trinajstić information content (AvgIpc) is 2.39. The summed E-state index contributed by atoms with van der Waals surface area (Å²) in [5.74, 6) is 0.604. The van der Waals surface area contributed by atoms with Crippen LogP contribution in [0.5, 0.6) is 0 Å². The zero-order chi connectivity index (χ0) is 13.4. The summed E-state index contributed by atoms with van der Waals surface area (Å²) in [7, 11) is 1.70. The number of hydrogen-bond acceptors (Lipinski definition) is 2. The van der Waals surface area contributed by atoms with Gasteiger partial charge in [0.15, 0.2) is 5.96 Å². The molecule has 1 aromatic carbocycles. The van der Waals surface area contributed by atoms with Crippen LogP contribution in [0.2, 0.25) is 0 Å². The lowest BCUT2D eigenvalue weighted by atomic mass is 10.1. The van der Waals surface area contributed by atoms with Crippen molar-refractivity contribution >= 4 is 5.96 Å². The van der Waals surface area contributed by atoms with E-state index in [0.717, 1.165) is 24.2 Å². The molecule has 0 saturated heterocycles. The van der Waals surface area contributed by atoms with Crippen LogP contribution in [0.15, 0.2) is 29.3 Å². The van der Waals surface area contributed by atoms with E-state index in [4.69, 9.17) is 10.5 Å². The van der Waals surface area contributed by atoms with Gasteiger partial charge in [-0.1, -0.05) is 24.3 Å². The van der Waals surface area contributed by atoms with E-state index in [0.29, 0.717) is 19.1 Å². The van der Waals surface area contributed by atoms with Crippen molar-refractivity contribution in [3.63, 3.8) is 0 Å². The Kier molecular flexibility index (Phi) is 6.22. The van der Waals surface area contributed by atoms with Crippen molar-refractivity contribution in [1.29, 1.82) is 0 Å². The van der Waals surface area contributed by atoms with Crippen molar-refractivity contribution in [3.8, 4) is 0 Å². The predicted octanol–water partition coefficient (Wildman–Crippen LogP) is 1.99. The highest BCUT2D eigenvalue weighted by Gasteiger charge is 2.04. The molecule has 0 spiro atoms. The molecule has 100 valence electrons. The van der Waals surface area contributed by atoms with Crippen LogP contribution in [0.4, 0.5) is 0 Å². The van der Waals surface area contributed by atoms with E-state index < -0.39 is 0 Å². The molecule has 0 aromatic heterocycles. The zero-order valence-corrected chi connectivity index (χ0v) is 11.5. The van der Waals surface area contributed by atoms with Gasteiger partial charge >= 0.3 is 0 Å². The second kappa shape index (κ2) is 7.71. The number of ether oxygens (including phenoxy) is 1. The first kappa shape index (κ1) is 14.5. The van der Waals surface area contributed by atoms with E-state index >= 15 is 0 Å². The molecule has 4 heteroatoms. The smallest absolute Gasteiger partial charge is 0.191 e. The van der Waals surface area contributed by atoms with Gasteiger partial charge in [-0.05, 0) is 25.0 Å². The lowest BCUT2D eigenvalue weighted by Crippen LogP contribution is -2.37. The molecule has 0 aliphatic rings. The van der Waals surface area contributed by atoms with E-state index in [1.807, 2.05) is 17.0 Å². The Morgan fingerprint density at radius 2 is 1.83 bits per heavy atom. The topological polar surface area (TPSA) is 50.8 Å². The van der Waals surface area contributed by atoms with E-state index in [-0.39, 0.29) is 0 Å². The third kappa shape index (κ3) is 4.04. The molecular weight excluding hydrogens is 226 g/mol. The van der Waals surface area contributed by atoms with E-state index in [9.17, 15) is 0 Å². The number of aliphatic imine (C=N–C) groups is 1. The molecule has 0 fully saturated rings. The molecule has 0 heterocycles. The normalized spacial score (nSPS) is 11.6. The van der Waals surface area contributed by atoms with Gasteiger partial charge in [0.25, 0.3) is 0 Å². The highest BCUT2D eigenvalue weighted by Crippen LogP contribution is 2.11. The average molecular weight is 249 g/mol. The van der Waals surface area contributed by atoms with Crippen molar-refractivity contribution in [3.05, 3.63) is 35.4 Å². The van der Waals surface area contributed by atoms with Gasteiger partial charge < -0.3 is 15.4 Å². The second-order valence-electron chi connectivity index (χ2n) is 4.05. The highest BCUT2D eigenvalue weighted by atomic mass is 16.5. The molecule has 0 saturated carbocycles. The molecule has 2 N–H and O–H groups in total. The maximum Gasteiger partial charge on any atom is 0.191 e. The van der Waals surface area contributed by atoms with Gasteiger partial charge in [0.1, 0.15) is 0 Å². The van der Waals surface area contributed by atoms with Crippen LogP contribution in [0.1, 0.15) is 25.0 Å². The lowest BCUT2D eigenvalue weighted by Gasteiger charge is -2.19. The molecule has 0 radical (unpaired) electrons. The van der Waals surface area contributed by atoms with E-state index in [1.54, 1.807) is 7.11 Å². The van der Waals surface area contributed by atoms with Crippen molar-refractivity contribution < 1.29 is 4.74 Å². The number of methoxy groups -OCH3 is 1. The SMILES string of the molecule is CCN(CC)C(N)=NCc1ccccc1COC. The standard InChI is InChI=1S/C14H23N3O/c1-4-17(5-2)14(15)16-10-12-8-6-7-9-13(12)11-18-3/h6-9H,4-5,10-11H2,1-3H3,(H2,15,16). The lowest BCUT2D eigenvalue weighted by molar-refractivity contribution is 0.184. The number of nitrogens with zero attached hydrogens (tertiary/aromatic N) is 2. The summed E-state index contributed by atoms with van der Waals surface area (Å²) in [6.45, 7) is 7.12. The van der Waals surface area contributed by atoms with Crippen LogP contribution < -0.4 is 5.73 Å². The molecule has 0 bridgehead atoms. The minimum absolute atomic E-state index is 0.599. The Morgan fingerprint density at radius 1 is 1.22 bits per heavy atom. The predicted molar refractivity (Wildman–Crippen MR) is 75.4 cm³/mol. The first-order valence-corrected chi connectivity index (χ1v) is 6.33. The molecule has 18 heavy (non-hydrogen) atoms. The van der Waals surface area contributed by atoms with Gasteiger partial charge in [0.2, 0.25) is 0 Å². The van der Waals surface area contributed by atoms with Gasteiger partial charge in [-0.15, -0.1) is 0 Å². The van der Waals surface area contributed by atoms with Crippen LogP contribution in [0, 0.1) is 0 Å². The maximum absolute atomic E-state index is 5.96. The Labute approximate surface area is 109 Å². The minimum atomic E-state index is 0.599. The number of guanidine groups is 1. The summed E-state index contributed by atoms with van der Waals surface area (Å²) in [4.78, 5) is 6.48. The molecule has 0 aliphatic carbocycles. The minimum Gasteiger partial charge on any atom is -0.380 e. The molecule has 1 rings (SSSR count). The summed E-state index contributed by atoms with van der Waals surface area (Å²) in [6.07, 6.45) is 0. The zero-order valence-electron chi connectivity index (χ0n) is 11.5. The Morgan fingerprint density at radius 3 is 2.39 bits per heavy atom. The third-order valence-electron chi connectivity index (χ3n) is 2.92. The molecule has 0 aliphatic heterocycles. The first-order chi connectivity index (χ1) is 8.72. The van der Waals surface area contributed by atoms with Crippen molar-refractivity contribution in [2.45, 2.75) is 27.0 Å².